The number of halogens is 1. The highest BCUT2D eigenvalue weighted by Gasteiger charge is 2.48. The van der Waals surface area contributed by atoms with Crippen molar-refractivity contribution in [1.29, 1.82) is 0 Å². The highest BCUT2D eigenvalue weighted by molar-refractivity contribution is 6.51. The Morgan fingerprint density at radius 3 is 2.74 bits per heavy atom. The van der Waals surface area contributed by atoms with Crippen LogP contribution in [0.2, 0.25) is 5.02 Å². The smallest absolute Gasteiger partial charge is 0.302 e. The number of nitrogens with zero attached hydrogens (tertiary/aromatic N) is 3. The first kappa shape index (κ1) is 22.6. The molecule has 2 N–H and O–H groups in total. The summed E-state index contributed by atoms with van der Waals surface area (Å²) in [6.07, 6.45) is 1.56. The molecule has 0 aliphatic carbocycles. The van der Waals surface area contributed by atoms with E-state index in [9.17, 15) is 14.7 Å². The van der Waals surface area contributed by atoms with Gasteiger partial charge < -0.3 is 14.8 Å². The van der Waals surface area contributed by atoms with Crippen LogP contribution in [0.1, 0.15) is 29.8 Å². The number of carbonyl (C=O) groups excluding carboxylic acids is 2. The molecule has 9 heteroatoms. The summed E-state index contributed by atoms with van der Waals surface area (Å²) in [5.74, 6) is -1.48. The molecule has 5 rings (SSSR count). The van der Waals surface area contributed by atoms with Gasteiger partial charge in [-0.3, -0.25) is 19.5 Å². The summed E-state index contributed by atoms with van der Waals surface area (Å²) in [7, 11) is 0. The largest absolute Gasteiger partial charge is 0.507 e. The summed E-state index contributed by atoms with van der Waals surface area (Å²) < 4.78 is 5.53. The van der Waals surface area contributed by atoms with Gasteiger partial charge >= 0.3 is 5.91 Å². The standard InChI is InChI=1S/C26H21ClN4O4/c1-3-35-20-13-15(8-9-16(20)27)23(32)21-22(18-6-4-5-11-28-18)31(25(34)24(21)33)26-29-17-10-7-14(2)12-19(17)30-26/h4-13,22,32H,3H2,1-2H3,(H,29,30)/b23-21+. The lowest BCUT2D eigenvalue weighted by molar-refractivity contribution is -0.132. The van der Waals surface area contributed by atoms with Crippen LogP contribution in [0.5, 0.6) is 5.75 Å². The molecular formula is C26H21ClN4O4. The van der Waals surface area contributed by atoms with Crippen LogP contribution in [0.3, 0.4) is 0 Å². The number of aliphatic hydroxyl groups excluding tert-OH is 1. The maximum Gasteiger partial charge on any atom is 0.302 e. The number of aromatic amines is 1. The third-order valence-corrected chi connectivity index (χ3v) is 6.08. The molecule has 1 atom stereocenters. The summed E-state index contributed by atoms with van der Waals surface area (Å²) in [4.78, 5) is 39.9. The number of carbonyl (C=O) groups is 2. The monoisotopic (exact) mass is 488 g/mol. The van der Waals surface area contributed by atoms with E-state index in [-0.39, 0.29) is 22.8 Å². The number of amides is 1. The molecule has 0 bridgehead atoms. The van der Waals surface area contributed by atoms with Gasteiger partial charge in [-0.2, -0.15) is 0 Å². The van der Waals surface area contributed by atoms with E-state index in [1.807, 2.05) is 32.0 Å². The van der Waals surface area contributed by atoms with Crippen LogP contribution < -0.4 is 9.64 Å². The minimum Gasteiger partial charge on any atom is -0.507 e. The van der Waals surface area contributed by atoms with Crippen molar-refractivity contribution in [2.24, 2.45) is 0 Å². The van der Waals surface area contributed by atoms with Gasteiger partial charge in [0, 0.05) is 11.8 Å². The Labute approximate surface area is 205 Å². The van der Waals surface area contributed by atoms with E-state index in [4.69, 9.17) is 16.3 Å². The molecule has 0 radical (unpaired) electrons. The molecule has 8 nitrogen and oxygen atoms in total. The Bertz CT molecular complexity index is 1500. The number of fused-ring (bicyclic) bond motifs is 1. The zero-order valence-electron chi connectivity index (χ0n) is 18.9. The summed E-state index contributed by atoms with van der Waals surface area (Å²) in [5.41, 5.74) is 2.98. The van der Waals surface area contributed by atoms with Crippen molar-refractivity contribution >= 4 is 46.0 Å². The number of aromatic nitrogens is 3. The van der Waals surface area contributed by atoms with Crippen molar-refractivity contribution in [2.75, 3.05) is 11.5 Å². The summed E-state index contributed by atoms with van der Waals surface area (Å²) in [6.45, 7) is 4.13. The minimum atomic E-state index is -0.996. The van der Waals surface area contributed by atoms with E-state index in [1.54, 1.807) is 36.5 Å². The lowest BCUT2D eigenvalue weighted by Gasteiger charge is -2.22. The van der Waals surface area contributed by atoms with Gasteiger partial charge in [-0.1, -0.05) is 23.7 Å². The lowest BCUT2D eigenvalue weighted by Crippen LogP contribution is -2.30. The van der Waals surface area contributed by atoms with Crippen molar-refractivity contribution in [3.63, 3.8) is 0 Å². The fourth-order valence-corrected chi connectivity index (χ4v) is 4.34. The van der Waals surface area contributed by atoms with Gasteiger partial charge in [-0.15, -0.1) is 0 Å². The maximum absolute atomic E-state index is 13.3. The topological polar surface area (TPSA) is 108 Å². The number of H-pyrrole nitrogens is 1. The highest BCUT2D eigenvalue weighted by Crippen LogP contribution is 2.41. The summed E-state index contributed by atoms with van der Waals surface area (Å²) in [5, 5.41) is 11.7. The maximum atomic E-state index is 13.3. The molecule has 1 amide bonds. The Hall–Kier alpha value is -4.17. The number of aliphatic hydroxyl groups is 1. The first-order chi connectivity index (χ1) is 16.9. The van der Waals surface area contributed by atoms with E-state index < -0.39 is 17.7 Å². The van der Waals surface area contributed by atoms with Gasteiger partial charge in [0.1, 0.15) is 17.6 Å². The molecule has 2 aromatic carbocycles. The molecule has 1 fully saturated rings. The number of benzene rings is 2. The second-order valence-electron chi connectivity index (χ2n) is 8.08. The van der Waals surface area contributed by atoms with Crippen LogP contribution in [-0.4, -0.2) is 38.4 Å². The molecule has 35 heavy (non-hydrogen) atoms. The Balaban J connectivity index is 1.70. The summed E-state index contributed by atoms with van der Waals surface area (Å²) >= 11 is 6.19. The van der Waals surface area contributed by atoms with Gasteiger partial charge in [0.05, 0.1) is 33.9 Å². The van der Waals surface area contributed by atoms with E-state index in [0.717, 1.165) is 11.1 Å². The number of pyridine rings is 1. The molecule has 2 aromatic heterocycles. The Morgan fingerprint density at radius 1 is 1.17 bits per heavy atom. The quantitative estimate of drug-likeness (QED) is 0.234. The molecule has 1 saturated heterocycles. The number of nitrogens with one attached hydrogen (secondary N) is 1. The second kappa shape index (κ2) is 8.88. The molecule has 4 aromatic rings. The number of Topliss-reactive ketones (excluding diaryl/α,β-unsaturated/α-hetero) is 1. The van der Waals surface area contributed by atoms with Crippen LogP contribution in [0.25, 0.3) is 16.8 Å². The van der Waals surface area contributed by atoms with Crippen molar-refractivity contribution in [3.8, 4) is 5.75 Å². The van der Waals surface area contributed by atoms with Crippen molar-refractivity contribution in [1.82, 2.24) is 15.0 Å². The van der Waals surface area contributed by atoms with Gasteiger partial charge in [0.15, 0.2) is 0 Å². The van der Waals surface area contributed by atoms with Crippen molar-refractivity contribution in [2.45, 2.75) is 19.9 Å². The number of imidazole rings is 1. The Kier molecular flexibility index (Phi) is 5.74. The molecule has 0 spiro atoms. The second-order valence-corrected chi connectivity index (χ2v) is 8.49. The predicted molar refractivity (Wildman–Crippen MR) is 132 cm³/mol. The van der Waals surface area contributed by atoms with Gasteiger partial charge in [0.25, 0.3) is 5.78 Å². The van der Waals surface area contributed by atoms with Crippen LogP contribution in [0.15, 0.2) is 66.4 Å². The zero-order chi connectivity index (χ0) is 24.7. The zero-order valence-corrected chi connectivity index (χ0v) is 19.7. The molecule has 1 unspecified atom stereocenters. The van der Waals surface area contributed by atoms with E-state index in [1.165, 1.54) is 11.0 Å². The van der Waals surface area contributed by atoms with Crippen molar-refractivity contribution in [3.05, 3.63) is 88.2 Å². The molecule has 3 heterocycles. The van der Waals surface area contributed by atoms with Gasteiger partial charge in [-0.25, -0.2) is 4.98 Å². The van der Waals surface area contributed by atoms with Crippen molar-refractivity contribution < 1.29 is 19.4 Å². The van der Waals surface area contributed by atoms with Crippen LogP contribution in [-0.2, 0) is 9.59 Å². The van der Waals surface area contributed by atoms with Gasteiger partial charge in [0.2, 0.25) is 5.95 Å². The molecular weight excluding hydrogens is 468 g/mol. The number of ketones is 1. The van der Waals surface area contributed by atoms with E-state index >= 15 is 0 Å². The molecule has 176 valence electrons. The number of ether oxygens (including phenoxy) is 1. The lowest BCUT2D eigenvalue weighted by atomic mass is 9.98. The first-order valence-corrected chi connectivity index (χ1v) is 11.4. The number of rotatable bonds is 5. The SMILES string of the molecule is CCOc1cc(/C(O)=C2\C(=O)C(=O)N(c3nc4ccc(C)cc4[nH]3)C2c2ccccn2)ccc1Cl. The fraction of sp³-hybridized carbons (Fsp3) is 0.154. The first-order valence-electron chi connectivity index (χ1n) is 11.0. The predicted octanol–water partition coefficient (Wildman–Crippen LogP) is 4.94. The number of anilines is 1. The molecule has 1 aliphatic rings. The van der Waals surface area contributed by atoms with E-state index in [2.05, 4.69) is 15.0 Å². The number of hydrogen-bond acceptors (Lipinski definition) is 6. The molecule has 0 saturated carbocycles. The third-order valence-electron chi connectivity index (χ3n) is 5.77. The van der Waals surface area contributed by atoms with Crippen LogP contribution >= 0.6 is 11.6 Å². The average molecular weight is 489 g/mol. The number of hydrogen-bond donors (Lipinski definition) is 2. The number of aryl methyl sites for hydroxylation is 1. The molecule has 1 aliphatic heterocycles. The fourth-order valence-electron chi connectivity index (χ4n) is 4.16. The van der Waals surface area contributed by atoms with Crippen LogP contribution in [0, 0.1) is 6.92 Å². The summed E-state index contributed by atoms with van der Waals surface area (Å²) in [6, 6.07) is 14.5. The van der Waals surface area contributed by atoms with Gasteiger partial charge in [-0.05, 0) is 61.9 Å². The van der Waals surface area contributed by atoms with Crippen LogP contribution in [0.4, 0.5) is 5.95 Å². The third kappa shape index (κ3) is 3.91. The normalized spacial score (nSPS) is 17.3. The highest BCUT2D eigenvalue weighted by atomic mass is 35.5. The minimum absolute atomic E-state index is 0.102. The average Bonchev–Trinajstić information content (AvgIpc) is 3.38. The Morgan fingerprint density at radius 2 is 2.00 bits per heavy atom. The van der Waals surface area contributed by atoms with E-state index in [0.29, 0.717) is 28.6 Å².